The van der Waals surface area contributed by atoms with Crippen molar-refractivity contribution in [2.45, 2.75) is 0 Å². The molecule has 0 spiro atoms. The van der Waals surface area contributed by atoms with E-state index in [0.717, 1.165) is 11.4 Å². The lowest BCUT2D eigenvalue weighted by Crippen LogP contribution is -1.82. The average molecular weight is 345 g/mol. The van der Waals surface area contributed by atoms with Crippen molar-refractivity contribution in [2.24, 2.45) is 0 Å². The highest BCUT2D eigenvalue weighted by Gasteiger charge is 2.13. The van der Waals surface area contributed by atoms with Gasteiger partial charge in [0.05, 0.1) is 5.69 Å². The Morgan fingerprint density at radius 1 is 0.444 bits per heavy atom. The molecular weight excluding hydrogens is 326 g/mol. The predicted octanol–water partition coefficient (Wildman–Crippen LogP) is 7.17. The normalized spacial score (nSPS) is 11.0. The molecule has 0 saturated heterocycles. The molecule has 0 aliphatic carbocycles. The molecule has 0 aliphatic rings. The molecule has 4 aromatic carbocycles. The summed E-state index contributed by atoms with van der Waals surface area (Å²) in [6.07, 6.45) is 0. The maximum atomic E-state index is 3.68. The minimum Gasteiger partial charge on any atom is -0.354 e. The molecule has 1 heteroatoms. The molecule has 128 valence electrons. The highest BCUT2D eigenvalue weighted by Crippen LogP contribution is 2.36. The van der Waals surface area contributed by atoms with Gasteiger partial charge in [-0.15, -0.1) is 0 Å². The van der Waals surface area contributed by atoms with Gasteiger partial charge in [-0.3, -0.25) is 0 Å². The molecule has 0 bridgehead atoms. The molecule has 0 atom stereocenters. The van der Waals surface area contributed by atoms with Crippen LogP contribution in [0.1, 0.15) is 0 Å². The number of fused-ring (bicyclic) bond motifs is 1. The van der Waals surface area contributed by atoms with Crippen LogP contribution < -0.4 is 0 Å². The third kappa shape index (κ3) is 2.94. The van der Waals surface area contributed by atoms with Gasteiger partial charge in [0, 0.05) is 11.3 Å². The third-order valence-corrected chi connectivity index (χ3v) is 5.03. The molecule has 1 heterocycles. The van der Waals surface area contributed by atoms with Crippen LogP contribution in [0.2, 0.25) is 0 Å². The van der Waals surface area contributed by atoms with Crippen molar-refractivity contribution in [1.29, 1.82) is 0 Å². The number of hydrogen-bond donors (Lipinski definition) is 1. The lowest BCUT2D eigenvalue weighted by atomic mass is 10.0. The summed E-state index contributed by atoms with van der Waals surface area (Å²) in [6, 6.07) is 38.5. The van der Waals surface area contributed by atoms with E-state index in [1.165, 1.54) is 33.0 Å². The predicted molar refractivity (Wildman–Crippen MR) is 115 cm³/mol. The number of nitrogens with one attached hydrogen (secondary N) is 1. The van der Waals surface area contributed by atoms with Gasteiger partial charge in [0.25, 0.3) is 0 Å². The fourth-order valence-corrected chi connectivity index (χ4v) is 3.64. The van der Waals surface area contributed by atoms with E-state index in [1.54, 1.807) is 0 Å². The number of aromatic amines is 1. The highest BCUT2D eigenvalue weighted by atomic mass is 14.7. The molecule has 1 nitrogen and oxygen atoms in total. The Hall–Kier alpha value is -3.58. The number of aromatic nitrogens is 1. The van der Waals surface area contributed by atoms with E-state index in [9.17, 15) is 0 Å². The second kappa shape index (κ2) is 6.62. The van der Waals surface area contributed by atoms with Crippen LogP contribution in [0.25, 0.3) is 44.4 Å². The first-order chi connectivity index (χ1) is 13.4. The lowest BCUT2D eigenvalue weighted by molar-refractivity contribution is 1.39. The Morgan fingerprint density at radius 3 is 1.81 bits per heavy atom. The average Bonchev–Trinajstić information content (AvgIpc) is 3.20. The molecule has 1 aromatic heterocycles. The van der Waals surface area contributed by atoms with E-state index in [2.05, 4.69) is 114 Å². The SMILES string of the molecule is c1ccc(-c2cc(-c3ccc4ccccc4c3)[nH]c2-c2ccccc2)cc1. The van der Waals surface area contributed by atoms with Crippen LogP contribution in [0.15, 0.2) is 109 Å². The zero-order chi connectivity index (χ0) is 18.1. The van der Waals surface area contributed by atoms with Crippen LogP contribution in [-0.4, -0.2) is 4.98 Å². The van der Waals surface area contributed by atoms with Crippen LogP contribution in [0.3, 0.4) is 0 Å². The Bertz CT molecular complexity index is 1140. The minimum atomic E-state index is 1.14. The maximum absolute atomic E-state index is 3.68. The largest absolute Gasteiger partial charge is 0.354 e. The zero-order valence-corrected chi connectivity index (χ0v) is 14.9. The molecule has 0 radical (unpaired) electrons. The van der Waals surface area contributed by atoms with Gasteiger partial charge in [-0.05, 0) is 39.6 Å². The number of H-pyrrole nitrogens is 1. The third-order valence-electron chi connectivity index (χ3n) is 5.03. The molecular formula is C26H19N. The van der Waals surface area contributed by atoms with Crippen molar-refractivity contribution in [1.82, 2.24) is 4.98 Å². The van der Waals surface area contributed by atoms with Gasteiger partial charge >= 0.3 is 0 Å². The van der Waals surface area contributed by atoms with Crippen LogP contribution in [0.5, 0.6) is 0 Å². The molecule has 0 unspecified atom stereocenters. The van der Waals surface area contributed by atoms with Crippen molar-refractivity contribution >= 4 is 10.8 Å². The van der Waals surface area contributed by atoms with E-state index >= 15 is 0 Å². The quantitative estimate of drug-likeness (QED) is 0.357. The number of rotatable bonds is 3. The van der Waals surface area contributed by atoms with Crippen molar-refractivity contribution < 1.29 is 0 Å². The Balaban J connectivity index is 1.70. The minimum absolute atomic E-state index is 1.14. The summed E-state index contributed by atoms with van der Waals surface area (Å²) in [5.74, 6) is 0. The van der Waals surface area contributed by atoms with Gasteiger partial charge in [0.15, 0.2) is 0 Å². The molecule has 27 heavy (non-hydrogen) atoms. The number of hydrogen-bond acceptors (Lipinski definition) is 0. The Kier molecular flexibility index (Phi) is 3.84. The molecule has 0 fully saturated rings. The highest BCUT2D eigenvalue weighted by molar-refractivity contribution is 5.90. The van der Waals surface area contributed by atoms with E-state index in [1.807, 2.05) is 0 Å². The summed E-state index contributed by atoms with van der Waals surface area (Å²) in [7, 11) is 0. The van der Waals surface area contributed by atoms with E-state index in [4.69, 9.17) is 0 Å². The second-order valence-corrected chi connectivity index (χ2v) is 6.77. The van der Waals surface area contributed by atoms with Crippen LogP contribution in [-0.2, 0) is 0 Å². The summed E-state index contributed by atoms with van der Waals surface area (Å²) < 4.78 is 0. The first kappa shape index (κ1) is 15.7. The van der Waals surface area contributed by atoms with E-state index < -0.39 is 0 Å². The molecule has 1 N–H and O–H groups in total. The molecule has 5 aromatic rings. The molecule has 0 amide bonds. The summed E-state index contributed by atoms with van der Waals surface area (Å²) >= 11 is 0. The molecule has 0 aliphatic heterocycles. The van der Waals surface area contributed by atoms with Crippen LogP contribution >= 0.6 is 0 Å². The zero-order valence-electron chi connectivity index (χ0n) is 14.9. The van der Waals surface area contributed by atoms with Crippen LogP contribution in [0.4, 0.5) is 0 Å². The van der Waals surface area contributed by atoms with Gasteiger partial charge in [0.2, 0.25) is 0 Å². The molecule has 0 saturated carbocycles. The fourth-order valence-electron chi connectivity index (χ4n) is 3.64. The topological polar surface area (TPSA) is 15.8 Å². The Labute approximate surface area is 158 Å². The van der Waals surface area contributed by atoms with Crippen molar-refractivity contribution in [3.05, 3.63) is 109 Å². The summed E-state index contributed by atoms with van der Waals surface area (Å²) in [5.41, 5.74) is 7.14. The van der Waals surface area contributed by atoms with Crippen molar-refractivity contribution in [3.63, 3.8) is 0 Å². The van der Waals surface area contributed by atoms with Gasteiger partial charge in [-0.1, -0.05) is 97.1 Å². The van der Waals surface area contributed by atoms with Gasteiger partial charge in [-0.25, -0.2) is 0 Å². The monoisotopic (exact) mass is 345 g/mol. The number of benzene rings is 4. The first-order valence-electron chi connectivity index (χ1n) is 9.21. The fraction of sp³-hybridized carbons (Fsp3) is 0. The van der Waals surface area contributed by atoms with Crippen molar-refractivity contribution in [3.8, 4) is 33.6 Å². The Morgan fingerprint density at radius 2 is 1.07 bits per heavy atom. The molecule has 5 rings (SSSR count). The van der Waals surface area contributed by atoms with Crippen LogP contribution in [0, 0.1) is 0 Å². The van der Waals surface area contributed by atoms with Gasteiger partial charge in [-0.2, -0.15) is 0 Å². The van der Waals surface area contributed by atoms with Crippen molar-refractivity contribution in [2.75, 3.05) is 0 Å². The van der Waals surface area contributed by atoms with E-state index in [0.29, 0.717) is 0 Å². The summed E-state index contributed by atoms with van der Waals surface area (Å²) in [6.45, 7) is 0. The lowest BCUT2D eigenvalue weighted by Gasteiger charge is -2.04. The first-order valence-corrected chi connectivity index (χ1v) is 9.21. The van der Waals surface area contributed by atoms with Gasteiger partial charge in [0.1, 0.15) is 0 Å². The second-order valence-electron chi connectivity index (χ2n) is 6.77. The summed E-state index contributed by atoms with van der Waals surface area (Å²) in [4.78, 5) is 3.68. The summed E-state index contributed by atoms with van der Waals surface area (Å²) in [5, 5.41) is 2.52. The maximum Gasteiger partial charge on any atom is 0.0538 e. The smallest absolute Gasteiger partial charge is 0.0538 e. The van der Waals surface area contributed by atoms with E-state index in [-0.39, 0.29) is 0 Å². The van der Waals surface area contributed by atoms with Gasteiger partial charge < -0.3 is 4.98 Å². The standard InChI is InChI=1S/C26H19N/c1-3-10-20(11-4-1)24-18-25(27-26(24)21-12-5-2-6-13-21)23-16-15-19-9-7-8-14-22(19)17-23/h1-18,27H.